The van der Waals surface area contributed by atoms with Crippen molar-refractivity contribution in [1.29, 1.82) is 0 Å². The van der Waals surface area contributed by atoms with E-state index in [9.17, 15) is 0 Å². The third kappa shape index (κ3) is 3.47. The first kappa shape index (κ1) is 13.9. The van der Waals surface area contributed by atoms with Crippen molar-refractivity contribution < 1.29 is 0 Å². The average molecular weight is 267 g/mol. The minimum atomic E-state index is 0.576. The maximum atomic E-state index is 5.93. The van der Waals surface area contributed by atoms with Crippen molar-refractivity contribution in [2.45, 2.75) is 39.4 Å². The van der Waals surface area contributed by atoms with Gasteiger partial charge in [0.1, 0.15) is 0 Å². The number of halogens is 1. The van der Waals surface area contributed by atoms with Gasteiger partial charge in [-0.15, -0.1) is 0 Å². The lowest BCUT2D eigenvalue weighted by Crippen LogP contribution is -2.56. The molecule has 0 aliphatic carbocycles. The first-order valence-corrected chi connectivity index (χ1v) is 7.16. The second-order valence-corrected chi connectivity index (χ2v) is 6.11. The van der Waals surface area contributed by atoms with Crippen molar-refractivity contribution in [3.8, 4) is 0 Å². The maximum Gasteiger partial charge on any atom is 0.0406 e. The van der Waals surface area contributed by atoms with E-state index >= 15 is 0 Å². The van der Waals surface area contributed by atoms with Gasteiger partial charge in [-0.05, 0) is 30.5 Å². The molecule has 1 saturated heterocycles. The van der Waals surface area contributed by atoms with Crippen LogP contribution in [0.15, 0.2) is 24.3 Å². The molecule has 1 aliphatic heterocycles. The highest BCUT2D eigenvalue weighted by atomic mass is 35.5. The van der Waals surface area contributed by atoms with Crippen LogP contribution >= 0.6 is 11.6 Å². The fourth-order valence-electron chi connectivity index (χ4n) is 2.67. The molecule has 1 aromatic carbocycles. The Bertz CT molecular complexity index is 375. The summed E-state index contributed by atoms with van der Waals surface area (Å²) >= 11 is 5.93. The molecule has 0 saturated carbocycles. The van der Waals surface area contributed by atoms with Gasteiger partial charge in [0.2, 0.25) is 0 Å². The lowest BCUT2D eigenvalue weighted by molar-refractivity contribution is 0.0956. The zero-order valence-corrected chi connectivity index (χ0v) is 12.2. The van der Waals surface area contributed by atoms with Crippen LogP contribution in [-0.2, 0) is 6.54 Å². The second kappa shape index (κ2) is 6.05. The number of nitrogens with zero attached hydrogens (tertiary/aromatic N) is 1. The maximum absolute atomic E-state index is 5.93. The fourth-order valence-corrected chi connectivity index (χ4v) is 2.79. The summed E-state index contributed by atoms with van der Waals surface area (Å²) in [5, 5.41) is 4.39. The van der Waals surface area contributed by atoms with Gasteiger partial charge in [0.15, 0.2) is 0 Å². The minimum absolute atomic E-state index is 0.576. The molecule has 18 heavy (non-hydrogen) atoms. The van der Waals surface area contributed by atoms with Crippen LogP contribution in [0.3, 0.4) is 0 Å². The van der Waals surface area contributed by atoms with Crippen LogP contribution in [0.5, 0.6) is 0 Å². The van der Waals surface area contributed by atoms with Crippen LogP contribution < -0.4 is 5.32 Å². The molecule has 0 bridgehead atoms. The van der Waals surface area contributed by atoms with Crippen LogP contribution in [0.4, 0.5) is 0 Å². The molecule has 2 atom stereocenters. The van der Waals surface area contributed by atoms with E-state index in [1.165, 1.54) is 5.56 Å². The van der Waals surface area contributed by atoms with Gasteiger partial charge in [0.25, 0.3) is 0 Å². The summed E-state index contributed by atoms with van der Waals surface area (Å²) in [4.78, 5) is 2.59. The van der Waals surface area contributed by atoms with Crippen LogP contribution in [0, 0.1) is 5.92 Å². The average Bonchev–Trinajstić information content (AvgIpc) is 2.32. The standard InChI is InChI=1S/C15H23ClN2/c1-11(2)15-8-17-12(3)9-18(15)10-13-4-6-14(16)7-5-13/h4-7,11-12,15,17H,8-10H2,1-3H3. The lowest BCUT2D eigenvalue weighted by Gasteiger charge is -2.41. The molecule has 1 aromatic rings. The topological polar surface area (TPSA) is 15.3 Å². The predicted octanol–water partition coefficient (Wildman–Crippen LogP) is 3.16. The van der Waals surface area contributed by atoms with Gasteiger partial charge in [-0.25, -0.2) is 0 Å². The Morgan fingerprint density at radius 2 is 2.00 bits per heavy atom. The smallest absolute Gasteiger partial charge is 0.0406 e. The Morgan fingerprint density at radius 3 is 2.61 bits per heavy atom. The molecule has 100 valence electrons. The van der Waals surface area contributed by atoms with E-state index in [1.807, 2.05) is 12.1 Å². The van der Waals surface area contributed by atoms with Crippen molar-refractivity contribution in [2.24, 2.45) is 5.92 Å². The Labute approximate surface area is 115 Å². The highest BCUT2D eigenvalue weighted by Gasteiger charge is 2.27. The zero-order chi connectivity index (χ0) is 13.1. The van der Waals surface area contributed by atoms with Crippen LogP contribution in [0.25, 0.3) is 0 Å². The molecule has 0 spiro atoms. The lowest BCUT2D eigenvalue weighted by atomic mass is 9.98. The number of piperazine rings is 1. The molecular weight excluding hydrogens is 244 g/mol. The van der Waals surface area contributed by atoms with Crippen molar-refractivity contribution in [3.05, 3.63) is 34.9 Å². The molecule has 2 unspecified atom stereocenters. The fraction of sp³-hybridized carbons (Fsp3) is 0.600. The number of rotatable bonds is 3. The molecule has 1 aliphatic rings. The van der Waals surface area contributed by atoms with Gasteiger partial charge in [-0.3, -0.25) is 4.90 Å². The van der Waals surface area contributed by atoms with Gasteiger partial charge >= 0.3 is 0 Å². The van der Waals surface area contributed by atoms with E-state index in [-0.39, 0.29) is 0 Å². The third-order valence-corrected chi connectivity index (χ3v) is 3.97. The molecule has 1 fully saturated rings. The molecule has 2 nitrogen and oxygen atoms in total. The number of hydrogen-bond donors (Lipinski definition) is 1. The Hall–Kier alpha value is -0.570. The Morgan fingerprint density at radius 1 is 1.33 bits per heavy atom. The van der Waals surface area contributed by atoms with Crippen LogP contribution in [-0.4, -0.2) is 30.1 Å². The number of benzene rings is 1. The SMILES string of the molecule is CC1CN(Cc2ccc(Cl)cc2)C(C(C)C)CN1. The van der Waals surface area contributed by atoms with E-state index in [1.54, 1.807) is 0 Å². The second-order valence-electron chi connectivity index (χ2n) is 5.68. The molecule has 0 radical (unpaired) electrons. The number of hydrogen-bond acceptors (Lipinski definition) is 2. The van der Waals surface area contributed by atoms with Crippen molar-refractivity contribution in [1.82, 2.24) is 10.2 Å². The first-order valence-electron chi connectivity index (χ1n) is 6.78. The van der Waals surface area contributed by atoms with E-state index < -0.39 is 0 Å². The van der Waals surface area contributed by atoms with Crippen molar-refractivity contribution in [3.63, 3.8) is 0 Å². The van der Waals surface area contributed by atoms with Crippen molar-refractivity contribution in [2.75, 3.05) is 13.1 Å². The highest BCUT2D eigenvalue weighted by molar-refractivity contribution is 6.30. The summed E-state index contributed by atoms with van der Waals surface area (Å²) in [6.07, 6.45) is 0. The molecule has 1 heterocycles. The summed E-state index contributed by atoms with van der Waals surface area (Å²) in [5.74, 6) is 0.678. The van der Waals surface area contributed by atoms with Crippen molar-refractivity contribution >= 4 is 11.6 Å². The van der Waals surface area contributed by atoms with E-state index in [2.05, 4.69) is 43.1 Å². The molecule has 3 heteroatoms. The van der Waals surface area contributed by atoms with Gasteiger partial charge in [-0.2, -0.15) is 0 Å². The van der Waals surface area contributed by atoms with E-state index in [0.717, 1.165) is 24.7 Å². The summed E-state index contributed by atoms with van der Waals surface area (Å²) < 4.78 is 0. The summed E-state index contributed by atoms with van der Waals surface area (Å²) in [6, 6.07) is 9.42. The molecule has 2 rings (SSSR count). The summed E-state index contributed by atoms with van der Waals surface area (Å²) in [7, 11) is 0. The van der Waals surface area contributed by atoms with E-state index in [4.69, 9.17) is 11.6 Å². The Kier molecular flexibility index (Phi) is 4.66. The van der Waals surface area contributed by atoms with Crippen LogP contribution in [0.2, 0.25) is 5.02 Å². The largest absolute Gasteiger partial charge is 0.311 e. The third-order valence-electron chi connectivity index (χ3n) is 3.72. The molecule has 0 aromatic heterocycles. The Balaban J connectivity index is 2.06. The number of nitrogens with one attached hydrogen (secondary N) is 1. The molecule has 1 N–H and O–H groups in total. The van der Waals surface area contributed by atoms with E-state index in [0.29, 0.717) is 18.0 Å². The predicted molar refractivity (Wildman–Crippen MR) is 78.0 cm³/mol. The van der Waals surface area contributed by atoms with Gasteiger partial charge in [0.05, 0.1) is 0 Å². The quantitative estimate of drug-likeness (QED) is 0.904. The molecular formula is C15H23ClN2. The normalized spacial score (nSPS) is 25.6. The summed E-state index contributed by atoms with van der Waals surface area (Å²) in [5.41, 5.74) is 1.35. The highest BCUT2D eigenvalue weighted by Crippen LogP contribution is 2.19. The van der Waals surface area contributed by atoms with Gasteiger partial charge in [-0.1, -0.05) is 37.6 Å². The minimum Gasteiger partial charge on any atom is -0.311 e. The first-order chi connectivity index (χ1) is 8.56. The van der Waals surface area contributed by atoms with Crippen LogP contribution in [0.1, 0.15) is 26.3 Å². The monoisotopic (exact) mass is 266 g/mol. The van der Waals surface area contributed by atoms with Gasteiger partial charge < -0.3 is 5.32 Å². The summed E-state index contributed by atoms with van der Waals surface area (Å²) in [6.45, 7) is 10.1. The van der Waals surface area contributed by atoms with Gasteiger partial charge in [0, 0.05) is 36.7 Å². The molecule has 0 amide bonds. The zero-order valence-electron chi connectivity index (χ0n) is 11.5.